The van der Waals surface area contributed by atoms with E-state index in [2.05, 4.69) is 0 Å². The van der Waals surface area contributed by atoms with E-state index in [-0.39, 0.29) is 12.0 Å². The lowest BCUT2D eigenvalue weighted by molar-refractivity contribution is -0.119. The van der Waals surface area contributed by atoms with Crippen LogP contribution in [-0.2, 0) is 14.3 Å². The highest BCUT2D eigenvalue weighted by atomic mass is 16.6. The first-order valence-corrected chi connectivity index (χ1v) is 8.81. The SMILES string of the molecule is CCOCCC(=O)N1CCCN(C(=O)OC(C)(C)C)c2ccccc21. The van der Waals surface area contributed by atoms with Crippen LogP contribution < -0.4 is 9.80 Å². The second-order valence-corrected chi connectivity index (χ2v) is 6.97. The van der Waals surface area contributed by atoms with E-state index in [1.165, 1.54) is 0 Å². The van der Waals surface area contributed by atoms with E-state index in [4.69, 9.17) is 9.47 Å². The fourth-order valence-corrected chi connectivity index (χ4v) is 2.75. The van der Waals surface area contributed by atoms with Crippen LogP contribution in [0.25, 0.3) is 0 Å². The average Bonchev–Trinajstić information content (AvgIpc) is 2.73. The van der Waals surface area contributed by atoms with Gasteiger partial charge in [0, 0.05) is 19.7 Å². The van der Waals surface area contributed by atoms with Gasteiger partial charge in [0.2, 0.25) is 5.91 Å². The van der Waals surface area contributed by atoms with E-state index in [1.807, 2.05) is 52.0 Å². The first kappa shape index (κ1) is 19.2. The van der Waals surface area contributed by atoms with E-state index < -0.39 is 5.60 Å². The molecule has 0 aliphatic carbocycles. The van der Waals surface area contributed by atoms with Crippen molar-refractivity contribution in [3.8, 4) is 0 Å². The fraction of sp³-hybridized carbons (Fsp3) is 0.579. The van der Waals surface area contributed by atoms with Crippen molar-refractivity contribution in [2.24, 2.45) is 0 Å². The van der Waals surface area contributed by atoms with E-state index in [0.717, 1.165) is 5.69 Å². The second-order valence-electron chi connectivity index (χ2n) is 6.97. The number of ether oxygens (including phenoxy) is 2. The van der Waals surface area contributed by atoms with Crippen molar-refractivity contribution in [1.29, 1.82) is 0 Å². The van der Waals surface area contributed by atoms with Gasteiger partial charge in [-0.3, -0.25) is 9.69 Å². The Kier molecular flexibility index (Phi) is 6.42. The Morgan fingerprint density at radius 1 is 1.08 bits per heavy atom. The molecule has 0 saturated heterocycles. The van der Waals surface area contributed by atoms with Gasteiger partial charge in [0.1, 0.15) is 5.60 Å². The molecule has 0 saturated carbocycles. The first-order chi connectivity index (χ1) is 11.8. The summed E-state index contributed by atoms with van der Waals surface area (Å²) in [5.74, 6) is 0.00642. The van der Waals surface area contributed by atoms with Gasteiger partial charge < -0.3 is 14.4 Å². The average molecular weight is 348 g/mol. The summed E-state index contributed by atoms with van der Waals surface area (Å²) in [6, 6.07) is 7.47. The molecule has 25 heavy (non-hydrogen) atoms. The van der Waals surface area contributed by atoms with Crippen molar-refractivity contribution in [3.05, 3.63) is 24.3 Å². The van der Waals surface area contributed by atoms with Gasteiger partial charge in [0.25, 0.3) is 0 Å². The highest BCUT2D eigenvalue weighted by Crippen LogP contribution is 2.33. The predicted molar refractivity (Wildman–Crippen MR) is 98.1 cm³/mol. The quantitative estimate of drug-likeness (QED) is 0.780. The zero-order valence-corrected chi connectivity index (χ0v) is 15.6. The molecule has 0 atom stereocenters. The van der Waals surface area contributed by atoms with Gasteiger partial charge in [-0.05, 0) is 46.2 Å². The van der Waals surface area contributed by atoms with Crippen LogP contribution in [0, 0.1) is 0 Å². The molecule has 6 heteroatoms. The molecule has 1 aliphatic rings. The minimum atomic E-state index is -0.564. The number of benzene rings is 1. The summed E-state index contributed by atoms with van der Waals surface area (Å²) in [4.78, 5) is 28.6. The van der Waals surface area contributed by atoms with Crippen LogP contribution >= 0.6 is 0 Å². The summed E-state index contributed by atoms with van der Waals surface area (Å²) in [7, 11) is 0. The Bertz CT molecular complexity index is 610. The van der Waals surface area contributed by atoms with Gasteiger partial charge >= 0.3 is 6.09 Å². The van der Waals surface area contributed by atoms with Gasteiger partial charge in [-0.25, -0.2) is 4.79 Å². The van der Waals surface area contributed by atoms with Crippen LogP contribution in [-0.4, -0.2) is 43.9 Å². The summed E-state index contributed by atoms with van der Waals surface area (Å²) < 4.78 is 10.8. The maximum Gasteiger partial charge on any atom is 0.414 e. The molecule has 0 aromatic heterocycles. The van der Waals surface area contributed by atoms with E-state index in [0.29, 0.717) is 44.8 Å². The number of carbonyl (C=O) groups is 2. The molecule has 138 valence electrons. The molecule has 1 aromatic carbocycles. The van der Waals surface area contributed by atoms with Crippen molar-refractivity contribution < 1.29 is 19.1 Å². The number of amides is 2. The van der Waals surface area contributed by atoms with Gasteiger partial charge in [0.05, 0.1) is 24.4 Å². The summed E-state index contributed by atoms with van der Waals surface area (Å²) in [5.41, 5.74) is 0.886. The summed E-state index contributed by atoms with van der Waals surface area (Å²) in [5, 5.41) is 0. The molecule has 1 aromatic rings. The lowest BCUT2D eigenvalue weighted by atomic mass is 10.2. The second kappa shape index (κ2) is 8.34. The maximum absolute atomic E-state index is 12.6. The summed E-state index contributed by atoms with van der Waals surface area (Å²) >= 11 is 0. The van der Waals surface area contributed by atoms with Crippen molar-refractivity contribution in [3.63, 3.8) is 0 Å². The summed E-state index contributed by atoms with van der Waals surface area (Å²) in [6.45, 7) is 9.53. The number of nitrogens with zero attached hydrogens (tertiary/aromatic N) is 2. The van der Waals surface area contributed by atoms with Crippen LogP contribution in [0.3, 0.4) is 0 Å². The molecule has 0 spiro atoms. The van der Waals surface area contributed by atoms with E-state index >= 15 is 0 Å². The lowest BCUT2D eigenvalue weighted by Gasteiger charge is -2.28. The summed E-state index contributed by atoms with van der Waals surface area (Å²) in [6.07, 6.45) is 0.631. The largest absolute Gasteiger partial charge is 0.443 e. The van der Waals surface area contributed by atoms with Gasteiger partial charge in [-0.15, -0.1) is 0 Å². The zero-order chi connectivity index (χ0) is 18.4. The first-order valence-electron chi connectivity index (χ1n) is 8.81. The Morgan fingerprint density at radius 2 is 1.68 bits per heavy atom. The third-order valence-electron chi connectivity index (χ3n) is 3.81. The molecule has 0 bridgehead atoms. The Hall–Kier alpha value is -2.08. The van der Waals surface area contributed by atoms with Crippen LogP contribution in [0.1, 0.15) is 40.5 Å². The third-order valence-corrected chi connectivity index (χ3v) is 3.81. The lowest BCUT2D eigenvalue weighted by Crippen LogP contribution is -2.37. The molecule has 2 amide bonds. The Labute approximate surface area is 149 Å². The zero-order valence-electron chi connectivity index (χ0n) is 15.6. The van der Waals surface area contributed by atoms with Crippen molar-refractivity contribution in [1.82, 2.24) is 0 Å². The molecule has 0 radical (unpaired) electrons. The number of hydrogen-bond donors (Lipinski definition) is 0. The minimum absolute atomic E-state index is 0.00642. The number of carbonyl (C=O) groups excluding carboxylic acids is 2. The minimum Gasteiger partial charge on any atom is -0.443 e. The maximum atomic E-state index is 12.6. The molecular weight excluding hydrogens is 320 g/mol. The molecule has 1 aliphatic heterocycles. The molecule has 0 N–H and O–H groups in total. The van der Waals surface area contributed by atoms with Gasteiger partial charge in [-0.1, -0.05) is 12.1 Å². The number of fused-ring (bicyclic) bond motifs is 1. The normalized spacial score (nSPS) is 14.7. The standard InChI is InChI=1S/C19H28N2O4/c1-5-24-14-11-17(22)20-12-8-13-21(18(23)25-19(2,3)4)16-10-7-6-9-15(16)20/h6-7,9-10H,5,8,11-14H2,1-4H3. The van der Waals surface area contributed by atoms with Crippen molar-refractivity contribution in [2.45, 2.75) is 46.1 Å². The molecule has 0 unspecified atom stereocenters. The number of hydrogen-bond acceptors (Lipinski definition) is 4. The number of para-hydroxylation sites is 2. The van der Waals surface area contributed by atoms with Crippen LogP contribution in [0.5, 0.6) is 0 Å². The fourth-order valence-electron chi connectivity index (χ4n) is 2.75. The Morgan fingerprint density at radius 3 is 2.28 bits per heavy atom. The van der Waals surface area contributed by atoms with E-state index in [1.54, 1.807) is 9.80 Å². The molecule has 0 fully saturated rings. The Balaban J connectivity index is 2.25. The highest BCUT2D eigenvalue weighted by Gasteiger charge is 2.30. The third kappa shape index (κ3) is 5.19. The molecule has 6 nitrogen and oxygen atoms in total. The molecular formula is C19H28N2O4. The predicted octanol–water partition coefficient (Wildman–Crippen LogP) is 3.59. The van der Waals surface area contributed by atoms with Crippen LogP contribution in [0.15, 0.2) is 24.3 Å². The monoisotopic (exact) mass is 348 g/mol. The van der Waals surface area contributed by atoms with Crippen LogP contribution in [0.2, 0.25) is 0 Å². The van der Waals surface area contributed by atoms with Crippen molar-refractivity contribution in [2.75, 3.05) is 36.1 Å². The number of anilines is 2. The molecule has 1 heterocycles. The van der Waals surface area contributed by atoms with Crippen LogP contribution in [0.4, 0.5) is 16.2 Å². The van der Waals surface area contributed by atoms with Gasteiger partial charge in [0.15, 0.2) is 0 Å². The van der Waals surface area contributed by atoms with Crippen molar-refractivity contribution >= 4 is 23.4 Å². The van der Waals surface area contributed by atoms with Gasteiger partial charge in [-0.2, -0.15) is 0 Å². The smallest absolute Gasteiger partial charge is 0.414 e. The number of rotatable bonds is 4. The topological polar surface area (TPSA) is 59.1 Å². The molecule has 2 rings (SSSR count). The highest BCUT2D eigenvalue weighted by molar-refractivity contribution is 6.01. The van der Waals surface area contributed by atoms with E-state index in [9.17, 15) is 9.59 Å².